The Bertz CT molecular complexity index is 1250. The van der Waals surface area contributed by atoms with Gasteiger partial charge in [0.1, 0.15) is 5.03 Å². The maximum atomic E-state index is 5.83. The molecule has 1 aromatic heterocycles. The van der Waals surface area contributed by atoms with Crippen molar-refractivity contribution in [2.24, 2.45) is 4.99 Å². The lowest BCUT2D eigenvalue weighted by Gasteiger charge is -2.31. The van der Waals surface area contributed by atoms with Crippen molar-refractivity contribution < 1.29 is 14.2 Å². The predicted molar refractivity (Wildman–Crippen MR) is 142 cm³/mol. The van der Waals surface area contributed by atoms with E-state index in [0.717, 1.165) is 66.2 Å². The van der Waals surface area contributed by atoms with Crippen LogP contribution >= 0.6 is 11.8 Å². The smallest absolute Gasteiger partial charge is 0.166 e. The maximum Gasteiger partial charge on any atom is 0.166 e. The van der Waals surface area contributed by atoms with Gasteiger partial charge in [0.15, 0.2) is 16.7 Å². The van der Waals surface area contributed by atoms with E-state index in [9.17, 15) is 0 Å². The number of aliphatic imine (C=N–C) groups is 1. The second kappa shape index (κ2) is 10.5. The van der Waals surface area contributed by atoms with Crippen molar-refractivity contribution in [2.75, 3.05) is 33.9 Å². The highest BCUT2D eigenvalue weighted by molar-refractivity contribution is 8.13. The molecule has 0 spiro atoms. The molecule has 1 saturated heterocycles. The van der Waals surface area contributed by atoms with Crippen LogP contribution in [0.2, 0.25) is 0 Å². The summed E-state index contributed by atoms with van der Waals surface area (Å²) in [6.07, 6.45) is 3.33. The second-order valence-electron chi connectivity index (χ2n) is 9.30. The van der Waals surface area contributed by atoms with Crippen molar-refractivity contribution >= 4 is 27.8 Å². The van der Waals surface area contributed by atoms with Crippen molar-refractivity contribution in [3.05, 3.63) is 58.7 Å². The van der Waals surface area contributed by atoms with Gasteiger partial charge in [0.2, 0.25) is 0 Å². The molecule has 184 valence electrons. The number of nitrogens with zero attached hydrogens (tertiary/aromatic N) is 3. The number of ether oxygens (including phenoxy) is 3. The minimum Gasteiger partial charge on any atom is -0.493 e. The minimum absolute atomic E-state index is 0.229. The summed E-state index contributed by atoms with van der Waals surface area (Å²) in [5.74, 6) is 1.51. The Morgan fingerprint density at radius 1 is 1.09 bits per heavy atom. The van der Waals surface area contributed by atoms with E-state index < -0.39 is 0 Å². The lowest BCUT2D eigenvalue weighted by molar-refractivity contribution is 0.117. The fourth-order valence-corrected chi connectivity index (χ4v) is 5.66. The summed E-state index contributed by atoms with van der Waals surface area (Å²) in [5.41, 5.74) is 6.09. The third-order valence-electron chi connectivity index (χ3n) is 6.86. The predicted octanol–water partition coefficient (Wildman–Crippen LogP) is 5.55. The molecule has 0 aliphatic carbocycles. The van der Waals surface area contributed by atoms with Crippen molar-refractivity contribution in [3.63, 3.8) is 0 Å². The molecule has 2 aliphatic heterocycles. The SMILES string of the molecule is COc1ccc(CCN2Cc3cc4cc(C)c(C)cc4nc3SC2=NC[C@H]2CCCO2)cc1OC. The van der Waals surface area contributed by atoms with E-state index in [0.29, 0.717) is 6.54 Å². The minimum atomic E-state index is 0.229. The largest absolute Gasteiger partial charge is 0.493 e. The third kappa shape index (κ3) is 5.26. The molecule has 6 nitrogen and oxygen atoms in total. The van der Waals surface area contributed by atoms with Crippen molar-refractivity contribution in [1.82, 2.24) is 9.88 Å². The zero-order valence-corrected chi connectivity index (χ0v) is 21.8. The van der Waals surface area contributed by atoms with E-state index in [4.69, 9.17) is 24.2 Å². The monoisotopic (exact) mass is 491 g/mol. The highest BCUT2D eigenvalue weighted by Gasteiger charge is 2.25. The van der Waals surface area contributed by atoms with E-state index in [1.165, 1.54) is 27.6 Å². The van der Waals surface area contributed by atoms with Crippen LogP contribution in [-0.2, 0) is 17.7 Å². The van der Waals surface area contributed by atoms with Gasteiger partial charge in [0.25, 0.3) is 0 Å². The summed E-state index contributed by atoms with van der Waals surface area (Å²) in [6.45, 7) is 7.52. The van der Waals surface area contributed by atoms with Crippen molar-refractivity contribution in [2.45, 2.75) is 50.8 Å². The Morgan fingerprint density at radius 3 is 2.69 bits per heavy atom. The van der Waals surface area contributed by atoms with Gasteiger partial charge < -0.3 is 19.1 Å². The number of aromatic nitrogens is 1. The number of rotatable bonds is 7. The summed E-state index contributed by atoms with van der Waals surface area (Å²) in [5, 5.41) is 3.30. The molecule has 3 heterocycles. The van der Waals surface area contributed by atoms with Crippen LogP contribution in [-0.4, -0.2) is 55.1 Å². The van der Waals surface area contributed by atoms with Crippen molar-refractivity contribution in [3.8, 4) is 11.5 Å². The van der Waals surface area contributed by atoms with Crippen LogP contribution < -0.4 is 9.47 Å². The van der Waals surface area contributed by atoms with Crippen LogP contribution in [0.1, 0.15) is 35.1 Å². The fraction of sp³-hybridized carbons (Fsp3) is 0.429. The average molecular weight is 492 g/mol. The van der Waals surface area contributed by atoms with Gasteiger partial charge >= 0.3 is 0 Å². The molecule has 0 radical (unpaired) electrons. The van der Waals surface area contributed by atoms with Crippen LogP contribution in [0.25, 0.3) is 10.9 Å². The Labute approximate surface area is 211 Å². The van der Waals surface area contributed by atoms with Crippen LogP contribution in [0.15, 0.2) is 46.4 Å². The molecular weight excluding hydrogens is 458 g/mol. The standard InChI is InChI=1S/C28H33N3O3S/c1-18-12-21-15-22-17-31(10-9-20-7-8-25(32-3)26(14-20)33-4)28(29-16-23-6-5-11-34-23)35-27(22)30-24(21)13-19(18)2/h7-8,12-15,23H,5-6,9-11,16-17H2,1-4H3/t23-/m1/s1. The van der Waals surface area contributed by atoms with Gasteiger partial charge in [-0.2, -0.15) is 0 Å². The normalized spacial score (nSPS) is 18.8. The molecule has 1 fully saturated rings. The summed E-state index contributed by atoms with van der Waals surface area (Å²) < 4.78 is 16.7. The lowest BCUT2D eigenvalue weighted by Crippen LogP contribution is -2.34. The van der Waals surface area contributed by atoms with Gasteiger partial charge in [0.05, 0.1) is 32.4 Å². The molecule has 1 atom stereocenters. The number of thioether (sulfide) groups is 1. The van der Waals surface area contributed by atoms with Crippen LogP contribution in [0.5, 0.6) is 11.5 Å². The Kier molecular flexibility index (Phi) is 7.16. The molecule has 0 amide bonds. The first kappa shape index (κ1) is 23.9. The molecular formula is C28H33N3O3S. The van der Waals surface area contributed by atoms with Gasteiger partial charge in [-0.1, -0.05) is 6.07 Å². The average Bonchev–Trinajstić information content (AvgIpc) is 3.39. The second-order valence-corrected chi connectivity index (χ2v) is 10.3. The topological polar surface area (TPSA) is 56.2 Å². The first-order chi connectivity index (χ1) is 17.0. The van der Waals surface area contributed by atoms with E-state index >= 15 is 0 Å². The molecule has 0 unspecified atom stereocenters. The summed E-state index contributed by atoms with van der Waals surface area (Å²) in [4.78, 5) is 12.4. The van der Waals surface area contributed by atoms with Gasteiger partial charge in [-0.05, 0) is 91.9 Å². The number of hydrogen-bond donors (Lipinski definition) is 0. The summed E-state index contributed by atoms with van der Waals surface area (Å²) in [6, 6.07) is 12.9. The zero-order valence-electron chi connectivity index (χ0n) is 21.0. The highest BCUT2D eigenvalue weighted by atomic mass is 32.2. The number of fused-ring (bicyclic) bond motifs is 2. The van der Waals surface area contributed by atoms with E-state index in [-0.39, 0.29) is 6.10 Å². The highest BCUT2D eigenvalue weighted by Crippen LogP contribution is 2.34. The fourth-order valence-electron chi connectivity index (χ4n) is 4.67. The number of amidine groups is 1. The van der Waals surface area contributed by atoms with E-state index in [2.05, 4.69) is 49.1 Å². The van der Waals surface area contributed by atoms with Crippen LogP contribution in [0, 0.1) is 13.8 Å². The van der Waals surface area contributed by atoms with Crippen molar-refractivity contribution in [1.29, 1.82) is 0 Å². The third-order valence-corrected chi connectivity index (χ3v) is 7.98. The summed E-state index contributed by atoms with van der Waals surface area (Å²) >= 11 is 1.69. The zero-order chi connectivity index (χ0) is 24.4. The first-order valence-corrected chi connectivity index (χ1v) is 13.1. The van der Waals surface area contributed by atoms with E-state index in [1.54, 1.807) is 26.0 Å². The molecule has 0 N–H and O–H groups in total. The number of aryl methyl sites for hydroxylation is 2. The molecule has 2 aromatic carbocycles. The molecule has 0 saturated carbocycles. The van der Waals surface area contributed by atoms with Gasteiger partial charge in [-0.15, -0.1) is 0 Å². The Morgan fingerprint density at radius 2 is 1.91 bits per heavy atom. The number of methoxy groups -OCH3 is 2. The van der Waals surface area contributed by atoms with Crippen LogP contribution in [0.3, 0.4) is 0 Å². The quantitative estimate of drug-likeness (QED) is 0.432. The van der Waals surface area contributed by atoms with Gasteiger partial charge in [-0.3, -0.25) is 4.99 Å². The number of hydrogen-bond acceptors (Lipinski definition) is 6. The molecule has 3 aromatic rings. The maximum absolute atomic E-state index is 5.83. The van der Waals surface area contributed by atoms with Gasteiger partial charge in [-0.25, -0.2) is 4.98 Å². The molecule has 35 heavy (non-hydrogen) atoms. The molecule has 0 bridgehead atoms. The molecule has 7 heteroatoms. The molecule has 5 rings (SSSR count). The first-order valence-electron chi connectivity index (χ1n) is 12.2. The van der Waals surface area contributed by atoms with Crippen LogP contribution in [0.4, 0.5) is 0 Å². The Balaban J connectivity index is 1.41. The Hall–Kier alpha value is -2.77. The lowest BCUT2D eigenvalue weighted by atomic mass is 10.0. The summed E-state index contributed by atoms with van der Waals surface area (Å²) in [7, 11) is 3.34. The number of benzene rings is 2. The van der Waals surface area contributed by atoms with E-state index in [1.807, 2.05) is 6.07 Å². The number of pyridine rings is 1. The van der Waals surface area contributed by atoms with Gasteiger partial charge in [0, 0.05) is 30.6 Å². The molecule has 2 aliphatic rings.